The summed E-state index contributed by atoms with van der Waals surface area (Å²) in [6.45, 7) is 7.71. The average Bonchev–Trinajstić information content (AvgIpc) is 3.53. The Morgan fingerprint density at radius 3 is 2.63 bits per heavy atom. The summed E-state index contributed by atoms with van der Waals surface area (Å²) in [5, 5.41) is 5.36. The van der Waals surface area contributed by atoms with Crippen molar-refractivity contribution in [2.24, 2.45) is 0 Å². The SMILES string of the molecule is C/C=C\C=C(/C)Oc1cncc(C(=O)Nc2nc3c(C(=O)Nc4ncc[nH]4)cccc3[nH]2)c1.CC. The van der Waals surface area contributed by atoms with Crippen LogP contribution in [0.15, 0.2) is 73.0 Å². The molecule has 10 nitrogen and oxygen atoms in total. The summed E-state index contributed by atoms with van der Waals surface area (Å²) >= 11 is 0. The van der Waals surface area contributed by atoms with Crippen LogP contribution in [0.4, 0.5) is 11.9 Å². The molecule has 0 unspecified atom stereocenters. The minimum absolute atomic E-state index is 0.198. The first-order chi connectivity index (χ1) is 17.0. The number of hydrogen-bond acceptors (Lipinski definition) is 6. The maximum atomic E-state index is 12.7. The highest BCUT2D eigenvalue weighted by atomic mass is 16.5. The van der Waals surface area contributed by atoms with Gasteiger partial charge in [0.25, 0.3) is 11.8 Å². The molecule has 0 aliphatic heterocycles. The van der Waals surface area contributed by atoms with E-state index in [2.05, 4.69) is 35.6 Å². The van der Waals surface area contributed by atoms with Crippen molar-refractivity contribution in [3.63, 3.8) is 0 Å². The first-order valence-corrected chi connectivity index (χ1v) is 11.1. The lowest BCUT2D eigenvalue weighted by Gasteiger charge is -2.07. The third-order valence-electron chi connectivity index (χ3n) is 4.50. The van der Waals surface area contributed by atoms with Crippen LogP contribution in [-0.4, -0.2) is 36.7 Å². The molecule has 0 atom stereocenters. The van der Waals surface area contributed by atoms with E-state index in [4.69, 9.17) is 4.74 Å². The highest BCUT2D eigenvalue weighted by Gasteiger charge is 2.16. The number of para-hydroxylation sites is 1. The van der Waals surface area contributed by atoms with Crippen LogP contribution in [0.5, 0.6) is 5.75 Å². The van der Waals surface area contributed by atoms with Gasteiger partial charge in [-0.15, -0.1) is 0 Å². The number of rotatable bonds is 7. The van der Waals surface area contributed by atoms with Gasteiger partial charge in [0, 0.05) is 18.6 Å². The fourth-order valence-corrected chi connectivity index (χ4v) is 3.01. The molecule has 0 saturated carbocycles. The van der Waals surface area contributed by atoms with E-state index in [0.29, 0.717) is 39.6 Å². The number of nitrogens with one attached hydrogen (secondary N) is 4. The highest BCUT2D eigenvalue weighted by molar-refractivity contribution is 6.11. The number of fused-ring (bicyclic) bond motifs is 1. The molecule has 0 saturated heterocycles. The van der Waals surface area contributed by atoms with E-state index in [1.165, 1.54) is 18.6 Å². The number of anilines is 2. The predicted molar refractivity (Wildman–Crippen MR) is 135 cm³/mol. The smallest absolute Gasteiger partial charge is 0.260 e. The van der Waals surface area contributed by atoms with Crippen molar-refractivity contribution >= 4 is 34.7 Å². The Balaban J connectivity index is 0.00000167. The van der Waals surface area contributed by atoms with Gasteiger partial charge in [-0.05, 0) is 38.1 Å². The largest absolute Gasteiger partial charge is 0.460 e. The van der Waals surface area contributed by atoms with E-state index < -0.39 is 5.91 Å². The number of nitrogens with zero attached hydrogens (tertiary/aromatic N) is 3. The molecule has 0 aliphatic carbocycles. The number of aromatic nitrogens is 5. The van der Waals surface area contributed by atoms with E-state index in [0.717, 1.165) is 0 Å². The second-order valence-electron chi connectivity index (χ2n) is 6.95. The van der Waals surface area contributed by atoms with E-state index in [1.807, 2.05) is 32.9 Å². The standard InChI is InChI=1S/C23H21N7O3.C2H6/c1-3-4-6-14(2)33-16-11-15(12-24-13-16)20(31)29-23-27-18-8-5-7-17(19(18)28-23)21(32)30-22-25-9-10-26-22;1-2/h3-13H,1-2H3,(H2,25,26,30,32)(H2,27,28,29,31);1-2H3/b4-3-,14-6+;. The molecule has 2 amide bonds. The highest BCUT2D eigenvalue weighted by Crippen LogP contribution is 2.21. The van der Waals surface area contributed by atoms with Crippen molar-refractivity contribution in [2.45, 2.75) is 27.7 Å². The molecule has 0 fully saturated rings. The third kappa shape index (κ3) is 6.41. The van der Waals surface area contributed by atoms with Crippen LogP contribution in [0.25, 0.3) is 11.0 Å². The Hall–Kier alpha value is -4.73. The van der Waals surface area contributed by atoms with Gasteiger partial charge in [0.15, 0.2) is 0 Å². The average molecular weight is 474 g/mol. The predicted octanol–water partition coefficient (Wildman–Crippen LogP) is 5.07. The van der Waals surface area contributed by atoms with Crippen molar-refractivity contribution in [1.82, 2.24) is 24.9 Å². The van der Waals surface area contributed by atoms with Crippen molar-refractivity contribution in [3.8, 4) is 5.75 Å². The summed E-state index contributed by atoms with van der Waals surface area (Å²) in [6.07, 6.45) is 11.6. The number of H-pyrrole nitrogens is 2. The summed E-state index contributed by atoms with van der Waals surface area (Å²) in [7, 11) is 0. The summed E-state index contributed by atoms with van der Waals surface area (Å²) < 4.78 is 5.68. The van der Waals surface area contributed by atoms with Gasteiger partial charge in [0.2, 0.25) is 11.9 Å². The third-order valence-corrected chi connectivity index (χ3v) is 4.50. The van der Waals surface area contributed by atoms with E-state index in [1.54, 1.807) is 43.5 Å². The van der Waals surface area contributed by atoms with Crippen molar-refractivity contribution in [2.75, 3.05) is 10.6 Å². The number of benzene rings is 1. The molecule has 0 bridgehead atoms. The first-order valence-electron chi connectivity index (χ1n) is 11.1. The Morgan fingerprint density at radius 2 is 1.89 bits per heavy atom. The van der Waals surface area contributed by atoms with Gasteiger partial charge >= 0.3 is 0 Å². The Morgan fingerprint density at radius 1 is 1.09 bits per heavy atom. The first kappa shape index (κ1) is 24.9. The van der Waals surface area contributed by atoms with Crippen LogP contribution >= 0.6 is 0 Å². The summed E-state index contributed by atoms with van der Waals surface area (Å²) in [6, 6.07) is 6.70. The molecule has 0 aliphatic rings. The van der Waals surface area contributed by atoms with Gasteiger partial charge in [-0.1, -0.05) is 32.1 Å². The number of aromatic amines is 2. The number of carbonyl (C=O) groups is 2. The van der Waals surface area contributed by atoms with Crippen molar-refractivity contribution in [3.05, 3.63) is 84.2 Å². The lowest BCUT2D eigenvalue weighted by Crippen LogP contribution is -2.14. The molecule has 35 heavy (non-hydrogen) atoms. The van der Waals surface area contributed by atoms with Crippen molar-refractivity contribution < 1.29 is 14.3 Å². The molecule has 10 heteroatoms. The second kappa shape index (κ2) is 11.9. The summed E-state index contributed by atoms with van der Waals surface area (Å²) in [5.74, 6) is 0.807. The molecular formula is C25H27N7O3. The number of carbonyl (C=O) groups excluding carboxylic acids is 2. The molecule has 3 heterocycles. The monoisotopic (exact) mass is 473 g/mol. The van der Waals surface area contributed by atoms with Gasteiger partial charge in [0.1, 0.15) is 17.0 Å². The Kier molecular flexibility index (Phi) is 8.49. The maximum absolute atomic E-state index is 12.7. The molecule has 3 aromatic heterocycles. The molecule has 0 spiro atoms. The molecule has 4 aromatic rings. The number of allylic oxidation sites excluding steroid dienone is 4. The minimum Gasteiger partial charge on any atom is -0.460 e. The molecule has 4 rings (SSSR count). The zero-order valence-corrected chi connectivity index (χ0v) is 19.9. The van der Waals surface area contributed by atoms with Crippen LogP contribution in [0.1, 0.15) is 48.4 Å². The van der Waals surface area contributed by atoms with E-state index in [9.17, 15) is 9.59 Å². The summed E-state index contributed by atoms with van der Waals surface area (Å²) in [5.41, 5.74) is 1.64. The number of pyridine rings is 1. The topological polar surface area (TPSA) is 138 Å². The van der Waals surface area contributed by atoms with Gasteiger partial charge < -0.3 is 14.7 Å². The normalized spacial score (nSPS) is 11.1. The van der Waals surface area contributed by atoms with Gasteiger partial charge in [-0.25, -0.2) is 9.97 Å². The maximum Gasteiger partial charge on any atom is 0.260 e. The zero-order chi connectivity index (χ0) is 25.2. The zero-order valence-electron chi connectivity index (χ0n) is 19.9. The summed E-state index contributed by atoms with van der Waals surface area (Å²) in [4.78, 5) is 43.6. The Labute approximate surface area is 202 Å². The van der Waals surface area contributed by atoms with Crippen molar-refractivity contribution in [1.29, 1.82) is 0 Å². The van der Waals surface area contributed by atoms with Gasteiger partial charge in [0.05, 0.1) is 22.8 Å². The van der Waals surface area contributed by atoms with Crippen LogP contribution < -0.4 is 15.4 Å². The van der Waals surface area contributed by atoms with Crippen LogP contribution in [0.3, 0.4) is 0 Å². The molecule has 0 radical (unpaired) electrons. The van der Waals surface area contributed by atoms with Gasteiger partial charge in [-0.2, -0.15) is 0 Å². The second-order valence-corrected chi connectivity index (χ2v) is 6.95. The quantitative estimate of drug-likeness (QED) is 0.218. The molecule has 180 valence electrons. The fourth-order valence-electron chi connectivity index (χ4n) is 3.01. The number of imidazole rings is 2. The number of amides is 2. The number of hydrogen-bond donors (Lipinski definition) is 4. The van der Waals surface area contributed by atoms with Gasteiger partial charge in [-0.3, -0.25) is 25.2 Å². The molecule has 1 aromatic carbocycles. The fraction of sp³-hybridized carbons (Fsp3) is 0.160. The lowest BCUT2D eigenvalue weighted by atomic mass is 10.2. The van der Waals surface area contributed by atoms with Crippen LogP contribution in [0, 0.1) is 0 Å². The number of ether oxygens (including phenoxy) is 1. The van der Waals surface area contributed by atoms with E-state index >= 15 is 0 Å². The minimum atomic E-state index is -0.427. The van der Waals surface area contributed by atoms with E-state index in [-0.39, 0.29) is 11.9 Å². The molecular weight excluding hydrogens is 446 g/mol. The van der Waals surface area contributed by atoms with Crippen LogP contribution in [0.2, 0.25) is 0 Å². The van der Waals surface area contributed by atoms with Crippen LogP contribution in [-0.2, 0) is 0 Å². The Bertz CT molecular complexity index is 1350. The lowest BCUT2D eigenvalue weighted by molar-refractivity contribution is 0.101. The molecule has 4 N–H and O–H groups in total.